The van der Waals surface area contributed by atoms with Gasteiger partial charge in [0.15, 0.2) is 0 Å². The molecular formula is C26H32F3N3O5S. The monoisotopic (exact) mass is 555 g/mol. The molecule has 1 unspecified atom stereocenters. The lowest BCUT2D eigenvalue weighted by molar-refractivity contribution is -0.137. The van der Waals surface area contributed by atoms with Gasteiger partial charge in [-0.3, -0.25) is 4.79 Å². The first-order valence-corrected chi connectivity index (χ1v) is 13.5. The molecule has 208 valence electrons. The molecule has 1 saturated heterocycles. The van der Waals surface area contributed by atoms with Crippen LogP contribution in [0.3, 0.4) is 0 Å². The first kappa shape index (κ1) is 29.4. The molecule has 2 aromatic rings. The lowest BCUT2D eigenvalue weighted by Gasteiger charge is -2.39. The zero-order valence-electron chi connectivity index (χ0n) is 21.7. The van der Waals surface area contributed by atoms with E-state index in [1.54, 1.807) is 45.0 Å². The first-order valence-electron chi connectivity index (χ1n) is 12.1. The quantitative estimate of drug-likeness (QED) is 0.560. The van der Waals surface area contributed by atoms with Gasteiger partial charge < -0.3 is 15.0 Å². The number of carbonyl (C=O) groups excluding carboxylic acids is 2. The smallest absolute Gasteiger partial charge is 0.416 e. The van der Waals surface area contributed by atoms with Gasteiger partial charge in [0.2, 0.25) is 10.0 Å². The predicted octanol–water partition coefficient (Wildman–Crippen LogP) is 4.66. The standard InChI is InChI=1S/C26H32F3N3O5S/c1-25(2,3)37-24(34)31-15-5-6-21(17-31)32(16-18-7-9-19(10-8-18)23(33)30-4)38(35,36)22-13-11-20(12-14-22)26(27,28)29/h7-14,21H,5-6,15-17H2,1-4H3,(H,30,33). The van der Waals surface area contributed by atoms with E-state index in [9.17, 15) is 31.2 Å². The number of sulfonamides is 1. The molecule has 0 spiro atoms. The molecule has 1 fully saturated rings. The van der Waals surface area contributed by atoms with Gasteiger partial charge in [0, 0.05) is 38.3 Å². The van der Waals surface area contributed by atoms with Crippen LogP contribution in [-0.4, -0.2) is 61.4 Å². The summed E-state index contributed by atoms with van der Waals surface area (Å²) in [5, 5.41) is 2.51. The Kier molecular flexibility index (Phi) is 8.77. The van der Waals surface area contributed by atoms with Crippen LogP contribution >= 0.6 is 0 Å². The van der Waals surface area contributed by atoms with E-state index in [-0.39, 0.29) is 23.9 Å². The fraction of sp³-hybridized carbons (Fsp3) is 0.462. The highest BCUT2D eigenvalue weighted by Crippen LogP contribution is 2.32. The number of ether oxygens (including phenoxy) is 1. The lowest BCUT2D eigenvalue weighted by Crippen LogP contribution is -2.52. The molecule has 2 aromatic carbocycles. The zero-order valence-corrected chi connectivity index (χ0v) is 22.5. The summed E-state index contributed by atoms with van der Waals surface area (Å²) in [5.41, 5.74) is -0.728. The number of piperidine rings is 1. The van der Waals surface area contributed by atoms with Crippen LogP contribution in [0.5, 0.6) is 0 Å². The van der Waals surface area contributed by atoms with Gasteiger partial charge in [-0.25, -0.2) is 13.2 Å². The number of hydrogen-bond donors (Lipinski definition) is 1. The van der Waals surface area contributed by atoms with E-state index in [2.05, 4.69) is 5.32 Å². The second-order valence-electron chi connectivity index (χ2n) is 10.1. The van der Waals surface area contributed by atoms with E-state index in [1.807, 2.05) is 0 Å². The van der Waals surface area contributed by atoms with Gasteiger partial charge in [-0.2, -0.15) is 17.5 Å². The molecule has 0 bridgehead atoms. The van der Waals surface area contributed by atoms with Crippen molar-refractivity contribution in [3.8, 4) is 0 Å². The lowest BCUT2D eigenvalue weighted by atomic mass is 10.1. The molecule has 1 aliphatic rings. The number of hydrogen-bond acceptors (Lipinski definition) is 5. The van der Waals surface area contributed by atoms with Crippen LogP contribution in [0, 0.1) is 0 Å². The van der Waals surface area contributed by atoms with Crippen LogP contribution in [0.1, 0.15) is 55.1 Å². The molecule has 2 amide bonds. The molecule has 0 aliphatic carbocycles. The Morgan fingerprint density at radius 1 is 1.05 bits per heavy atom. The third-order valence-corrected chi connectivity index (χ3v) is 7.94. The number of nitrogens with zero attached hydrogens (tertiary/aromatic N) is 2. The summed E-state index contributed by atoms with van der Waals surface area (Å²) in [7, 11) is -2.77. The first-order chi connectivity index (χ1) is 17.6. The Morgan fingerprint density at radius 2 is 1.66 bits per heavy atom. The fourth-order valence-corrected chi connectivity index (χ4v) is 5.76. The average Bonchev–Trinajstić information content (AvgIpc) is 2.85. The molecule has 1 aliphatic heterocycles. The minimum atomic E-state index is -4.61. The van der Waals surface area contributed by atoms with Crippen LogP contribution in [0.2, 0.25) is 0 Å². The van der Waals surface area contributed by atoms with Gasteiger partial charge in [-0.1, -0.05) is 12.1 Å². The number of rotatable bonds is 6. The maximum atomic E-state index is 13.8. The number of halogens is 3. The highest BCUT2D eigenvalue weighted by Gasteiger charge is 2.37. The molecule has 0 aromatic heterocycles. The van der Waals surface area contributed by atoms with Crippen molar-refractivity contribution < 1.29 is 35.9 Å². The second kappa shape index (κ2) is 11.3. The van der Waals surface area contributed by atoms with Gasteiger partial charge in [-0.05, 0) is 75.6 Å². The van der Waals surface area contributed by atoms with Crippen molar-refractivity contribution >= 4 is 22.0 Å². The Labute approximate surface area is 220 Å². The van der Waals surface area contributed by atoms with Crippen molar-refractivity contribution in [3.63, 3.8) is 0 Å². The molecule has 12 heteroatoms. The summed E-state index contributed by atoms with van der Waals surface area (Å²) >= 11 is 0. The second-order valence-corrected chi connectivity index (χ2v) is 12.0. The molecule has 1 atom stereocenters. The maximum absolute atomic E-state index is 13.8. The van der Waals surface area contributed by atoms with Crippen LogP contribution in [-0.2, 0) is 27.5 Å². The minimum absolute atomic E-state index is 0.0606. The number of carbonyl (C=O) groups is 2. The highest BCUT2D eigenvalue weighted by molar-refractivity contribution is 7.89. The summed E-state index contributed by atoms with van der Waals surface area (Å²) in [6.45, 7) is 5.54. The van der Waals surface area contributed by atoms with Crippen molar-refractivity contribution in [2.75, 3.05) is 20.1 Å². The van der Waals surface area contributed by atoms with E-state index in [4.69, 9.17) is 4.74 Å². The van der Waals surface area contributed by atoms with Crippen molar-refractivity contribution in [1.82, 2.24) is 14.5 Å². The van der Waals surface area contributed by atoms with Crippen LogP contribution < -0.4 is 5.32 Å². The molecule has 38 heavy (non-hydrogen) atoms. The molecule has 3 rings (SSSR count). The van der Waals surface area contributed by atoms with Gasteiger partial charge in [-0.15, -0.1) is 0 Å². The molecular weight excluding hydrogens is 523 g/mol. The third-order valence-electron chi connectivity index (χ3n) is 6.03. The molecule has 8 nitrogen and oxygen atoms in total. The largest absolute Gasteiger partial charge is 0.444 e. The van der Waals surface area contributed by atoms with E-state index in [0.717, 1.165) is 24.3 Å². The summed E-state index contributed by atoms with van der Waals surface area (Å²) in [6.07, 6.45) is -4.22. The fourth-order valence-electron chi connectivity index (χ4n) is 4.13. The maximum Gasteiger partial charge on any atom is 0.416 e. The van der Waals surface area contributed by atoms with E-state index in [0.29, 0.717) is 30.5 Å². The topological polar surface area (TPSA) is 96.0 Å². The molecule has 1 N–H and O–H groups in total. The summed E-state index contributed by atoms with van der Waals surface area (Å²) in [5.74, 6) is -0.300. The molecule has 0 saturated carbocycles. The van der Waals surface area contributed by atoms with Crippen molar-refractivity contribution in [2.45, 2.75) is 62.9 Å². The Hall–Kier alpha value is -3.12. The Bertz CT molecular complexity index is 1240. The van der Waals surface area contributed by atoms with Gasteiger partial charge in [0.25, 0.3) is 5.91 Å². The van der Waals surface area contributed by atoms with Gasteiger partial charge in [0.05, 0.1) is 10.5 Å². The number of likely N-dealkylation sites (tertiary alicyclic amines) is 1. The highest BCUT2D eigenvalue weighted by atomic mass is 32.2. The van der Waals surface area contributed by atoms with Crippen molar-refractivity contribution in [1.29, 1.82) is 0 Å². The van der Waals surface area contributed by atoms with Gasteiger partial charge >= 0.3 is 12.3 Å². The number of amides is 2. The number of nitrogens with one attached hydrogen (secondary N) is 1. The number of alkyl halides is 3. The van der Waals surface area contributed by atoms with E-state index < -0.39 is 39.5 Å². The zero-order chi connectivity index (χ0) is 28.3. The SMILES string of the molecule is CNC(=O)c1ccc(CN(C2CCCN(C(=O)OC(C)(C)C)C2)S(=O)(=O)c2ccc(C(F)(F)F)cc2)cc1. The third kappa shape index (κ3) is 7.25. The van der Waals surface area contributed by atoms with Crippen LogP contribution in [0.15, 0.2) is 53.4 Å². The van der Waals surface area contributed by atoms with Crippen molar-refractivity contribution in [2.24, 2.45) is 0 Å². The average molecular weight is 556 g/mol. The minimum Gasteiger partial charge on any atom is -0.444 e. The Morgan fingerprint density at radius 3 is 2.18 bits per heavy atom. The normalized spacial score (nSPS) is 16.8. The van der Waals surface area contributed by atoms with Gasteiger partial charge in [0.1, 0.15) is 5.60 Å². The van der Waals surface area contributed by atoms with Crippen LogP contribution in [0.4, 0.5) is 18.0 Å². The van der Waals surface area contributed by atoms with Crippen LogP contribution in [0.25, 0.3) is 0 Å². The van der Waals surface area contributed by atoms with Crippen molar-refractivity contribution in [3.05, 3.63) is 65.2 Å². The predicted molar refractivity (Wildman–Crippen MR) is 135 cm³/mol. The Balaban J connectivity index is 1.95. The number of benzene rings is 2. The van der Waals surface area contributed by atoms with E-state index in [1.165, 1.54) is 16.3 Å². The summed E-state index contributed by atoms with van der Waals surface area (Å²) in [6, 6.07) is 9.05. The molecule has 1 heterocycles. The van der Waals surface area contributed by atoms with E-state index >= 15 is 0 Å². The molecule has 0 radical (unpaired) electrons. The summed E-state index contributed by atoms with van der Waals surface area (Å²) in [4.78, 5) is 25.8. The summed E-state index contributed by atoms with van der Waals surface area (Å²) < 4.78 is 73.4.